The van der Waals surface area contributed by atoms with Crippen molar-refractivity contribution < 1.29 is 0 Å². The molecule has 2 nitrogen and oxygen atoms in total. The number of nitrogens with two attached hydrogens (primary N) is 1. The maximum absolute atomic E-state index is 5.88. The van der Waals surface area contributed by atoms with Crippen LogP contribution in [0.3, 0.4) is 0 Å². The Morgan fingerprint density at radius 1 is 1.13 bits per heavy atom. The fourth-order valence-electron chi connectivity index (χ4n) is 2.77. The highest BCUT2D eigenvalue weighted by Gasteiger charge is 2.27. The lowest BCUT2D eigenvalue weighted by molar-refractivity contribution is 0.231. The Morgan fingerprint density at radius 2 is 1.80 bits per heavy atom. The van der Waals surface area contributed by atoms with Crippen molar-refractivity contribution in [2.45, 2.75) is 51.5 Å². The summed E-state index contributed by atoms with van der Waals surface area (Å²) >= 11 is 0. The van der Waals surface area contributed by atoms with Gasteiger partial charge in [-0.05, 0) is 50.0 Å². The molecule has 1 unspecified atom stereocenters. The van der Waals surface area contributed by atoms with Crippen molar-refractivity contribution in [3.63, 3.8) is 0 Å². The number of rotatable bonds is 5. The first-order valence-corrected chi connectivity index (χ1v) is 6.73. The highest BCUT2D eigenvalue weighted by atomic mass is 14.9. The van der Waals surface area contributed by atoms with Crippen LogP contribution < -0.4 is 11.1 Å². The topological polar surface area (TPSA) is 38.0 Å². The minimum atomic E-state index is 0.595. The molecule has 0 heterocycles. The molecule has 3 N–H and O–H groups in total. The van der Waals surface area contributed by atoms with Crippen LogP contribution in [-0.2, 0) is 0 Å². The fourth-order valence-corrected chi connectivity index (χ4v) is 2.77. The van der Waals surface area contributed by atoms with Gasteiger partial charge in [-0.25, -0.2) is 0 Å². The molecule has 0 aliphatic heterocycles. The van der Waals surface area contributed by atoms with Crippen LogP contribution in [0.25, 0.3) is 0 Å². The Kier molecular flexibility index (Phi) is 4.04. The SMILES string of the molecule is CC1CCC(C(CN)NCC2CC2)CC1. The van der Waals surface area contributed by atoms with Gasteiger partial charge in [0.15, 0.2) is 0 Å². The molecule has 15 heavy (non-hydrogen) atoms. The Balaban J connectivity index is 1.72. The molecular formula is C13H26N2. The summed E-state index contributed by atoms with van der Waals surface area (Å²) in [6.07, 6.45) is 8.47. The minimum absolute atomic E-state index is 0.595. The van der Waals surface area contributed by atoms with Crippen molar-refractivity contribution >= 4 is 0 Å². The Hall–Kier alpha value is -0.0800. The third-order valence-corrected chi connectivity index (χ3v) is 4.25. The van der Waals surface area contributed by atoms with Crippen LogP contribution in [0.2, 0.25) is 0 Å². The van der Waals surface area contributed by atoms with Gasteiger partial charge < -0.3 is 11.1 Å². The fraction of sp³-hybridized carbons (Fsp3) is 1.00. The summed E-state index contributed by atoms with van der Waals surface area (Å²) < 4.78 is 0. The number of hydrogen-bond acceptors (Lipinski definition) is 2. The largest absolute Gasteiger partial charge is 0.329 e. The van der Waals surface area contributed by atoms with E-state index in [-0.39, 0.29) is 0 Å². The second kappa shape index (κ2) is 5.31. The smallest absolute Gasteiger partial charge is 0.0218 e. The maximum Gasteiger partial charge on any atom is 0.0218 e. The van der Waals surface area contributed by atoms with E-state index < -0.39 is 0 Å². The van der Waals surface area contributed by atoms with Gasteiger partial charge in [-0.3, -0.25) is 0 Å². The second-order valence-electron chi connectivity index (χ2n) is 5.71. The zero-order valence-electron chi connectivity index (χ0n) is 10.0. The molecule has 0 bridgehead atoms. The van der Waals surface area contributed by atoms with Crippen molar-refractivity contribution in [2.75, 3.05) is 13.1 Å². The number of nitrogens with one attached hydrogen (secondary N) is 1. The third kappa shape index (κ3) is 3.46. The van der Waals surface area contributed by atoms with Gasteiger partial charge in [0.1, 0.15) is 0 Å². The molecule has 2 aliphatic carbocycles. The van der Waals surface area contributed by atoms with Gasteiger partial charge in [0.2, 0.25) is 0 Å². The molecule has 0 radical (unpaired) electrons. The van der Waals surface area contributed by atoms with Crippen LogP contribution in [-0.4, -0.2) is 19.1 Å². The summed E-state index contributed by atoms with van der Waals surface area (Å²) in [5.41, 5.74) is 5.88. The van der Waals surface area contributed by atoms with Crippen LogP contribution in [0.1, 0.15) is 45.4 Å². The lowest BCUT2D eigenvalue weighted by Crippen LogP contribution is -2.44. The standard InChI is InChI=1S/C13H26N2/c1-10-2-6-12(7-3-10)13(8-14)15-9-11-4-5-11/h10-13,15H,2-9,14H2,1H3. The zero-order valence-corrected chi connectivity index (χ0v) is 10.0. The average Bonchev–Trinajstić information content (AvgIpc) is 3.05. The van der Waals surface area contributed by atoms with Gasteiger partial charge >= 0.3 is 0 Å². The van der Waals surface area contributed by atoms with E-state index in [4.69, 9.17) is 5.73 Å². The number of hydrogen-bond donors (Lipinski definition) is 2. The molecular weight excluding hydrogens is 184 g/mol. The van der Waals surface area contributed by atoms with Crippen LogP contribution in [0, 0.1) is 17.8 Å². The molecule has 88 valence electrons. The van der Waals surface area contributed by atoms with Crippen LogP contribution >= 0.6 is 0 Å². The summed E-state index contributed by atoms with van der Waals surface area (Å²) in [5.74, 6) is 2.77. The molecule has 0 spiro atoms. The molecule has 2 heteroatoms. The van der Waals surface area contributed by atoms with E-state index >= 15 is 0 Å². The van der Waals surface area contributed by atoms with Gasteiger partial charge in [-0.2, -0.15) is 0 Å². The molecule has 2 rings (SSSR count). The predicted octanol–water partition coefficient (Wildman–Crippen LogP) is 2.14. The van der Waals surface area contributed by atoms with Crippen molar-refractivity contribution in [2.24, 2.45) is 23.5 Å². The maximum atomic E-state index is 5.88. The molecule has 2 aliphatic rings. The molecule has 2 saturated carbocycles. The summed E-state index contributed by atoms with van der Waals surface area (Å²) in [6, 6.07) is 0.595. The van der Waals surface area contributed by atoms with Crippen molar-refractivity contribution in [3.8, 4) is 0 Å². The molecule has 0 aromatic heterocycles. The van der Waals surface area contributed by atoms with Gasteiger partial charge in [-0.15, -0.1) is 0 Å². The first-order valence-electron chi connectivity index (χ1n) is 6.73. The summed E-state index contributed by atoms with van der Waals surface area (Å²) in [5, 5.41) is 3.69. The first kappa shape index (κ1) is 11.4. The normalized spacial score (nSPS) is 34.0. The lowest BCUT2D eigenvalue weighted by atomic mass is 9.79. The minimum Gasteiger partial charge on any atom is -0.329 e. The Labute approximate surface area is 94.0 Å². The molecule has 0 aromatic carbocycles. The van der Waals surface area contributed by atoms with Gasteiger partial charge in [0.25, 0.3) is 0 Å². The van der Waals surface area contributed by atoms with E-state index in [9.17, 15) is 0 Å². The Morgan fingerprint density at radius 3 is 2.33 bits per heavy atom. The van der Waals surface area contributed by atoms with E-state index in [0.29, 0.717) is 6.04 Å². The molecule has 1 atom stereocenters. The van der Waals surface area contributed by atoms with Crippen LogP contribution in [0.4, 0.5) is 0 Å². The van der Waals surface area contributed by atoms with Gasteiger partial charge in [0.05, 0.1) is 0 Å². The van der Waals surface area contributed by atoms with Crippen molar-refractivity contribution in [1.29, 1.82) is 0 Å². The zero-order chi connectivity index (χ0) is 10.7. The third-order valence-electron chi connectivity index (χ3n) is 4.25. The predicted molar refractivity (Wildman–Crippen MR) is 64.7 cm³/mol. The second-order valence-corrected chi connectivity index (χ2v) is 5.71. The van der Waals surface area contributed by atoms with Crippen molar-refractivity contribution in [1.82, 2.24) is 5.32 Å². The summed E-state index contributed by atoms with van der Waals surface area (Å²) in [6.45, 7) is 4.42. The summed E-state index contributed by atoms with van der Waals surface area (Å²) in [7, 11) is 0. The van der Waals surface area contributed by atoms with Crippen molar-refractivity contribution in [3.05, 3.63) is 0 Å². The monoisotopic (exact) mass is 210 g/mol. The van der Waals surface area contributed by atoms with Crippen LogP contribution in [0.15, 0.2) is 0 Å². The van der Waals surface area contributed by atoms with Crippen LogP contribution in [0.5, 0.6) is 0 Å². The lowest BCUT2D eigenvalue weighted by Gasteiger charge is -2.32. The van der Waals surface area contributed by atoms with E-state index in [1.54, 1.807) is 0 Å². The average molecular weight is 210 g/mol. The Bertz CT molecular complexity index is 181. The first-order chi connectivity index (χ1) is 7.29. The van der Waals surface area contributed by atoms with Gasteiger partial charge in [-0.1, -0.05) is 19.8 Å². The van der Waals surface area contributed by atoms with E-state index in [0.717, 1.165) is 24.3 Å². The molecule has 2 fully saturated rings. The summed E-state index contributed by atoms with van der Waals surface area (Å²) in [4.78, 5) is 0. The van der Waals surface area contributed by atoms with E-state index in [1.807, 2.05) is 0 Å². The van der Waals surface area contributed by atoms with E-state index in [2.05, 4.69) is 12.2 Å². The molecule has 0 amide bonds. The molecule has 0 saturated heterocycles. The highest BCUT2D eigenvalue weighted by molar-refractivity contribution is 4.84. The quantitative estimate of drug-likeness (QED) is 0.729. The highest BCUT2D eigenvalue weighted by Crippen LogP contribution is 2.31. The van der Waals surface area contributed by atoms with Gasteiger partial charge in [0, 0.05) is 12.6 Å². The molecule has 0 aromatic rings. The van der Waals surface area contributed by atoms with E-state index in [1.165, 1.54) is 45.1 Å².